The number of anilines is 1. The maximum atomic E-state index is 12.0. The quantitative estimate of drug-likeness (QED) is 0.843. The number of nitriles is 1. The van der Waals surface area contributed by atoms with Gasteiger partial charge in [-0.05, 0) is 37.2 Å². The zero-order valence-electron chi connectivity index (χ0n) is 12.6. The molecular weight excluding hydrogens is 288 g/mol. The first-order valence-corrected chi connectivity index (χ1v) is 7.03. The predicted molar refractivity (Wildman–Crippen MR) is 85.1 cm³/mol. The van der Waals surface area contributed by atoms with Gasteiger partial charge in [-0.2, -0.15) is 5.26 Å². The van der Waals surface area contributed by atoms with Gasteiger partial charge in [0, 0.05) is 12.2 Å². The summed E-state index contributed by atoms with van der Waals surface area (Å²) in [5.74, 6) is -0.133. The number of nitrogens with zero attached hydrogens (tertiary/aromatic N) is 2. The summed E-state index contributed by atoms with van der Waals surface area (Å²) in [5, 5.41) is 11.9. The lowest BCUT2D eigenvalue weighted by Crippen LogP contribution is -2.40. The molecule has 0 unspecified atom stereocenters. The van der Waals surface area contributed by atoms with E-state index in [1.807, 2.05) is 18.0 Å². The van der Waals surface area contributed by atoms with Crippen molar-refractivity contribution in [3.63, 3.8) is 0 Å². The third-order valence-electron chi connectivity index (χ3n) is 3.04. The first kappa shape index (κ1) is 17.4. The van der Waals surface area contributed by atoms with E-state index in [-0.39, 0.29) is 17.9 Å². The van der Waals surface area contributed by atoms with E-state index < -0.39 is 0 Å². The Morgan fingerprint density at radius 3 is 2.71 bits per heavy atom. The van der Waals surface area contributed by atoms with Gasteiger partial charge in [0.15, 0.2) is 0 Å². The molecule has 0 spiro atoms. The zero-order chi connectivity index (χ0) is 16.0. The van der Waals surface area contributed by atoms with Crippen molar-refractivity contribution in [3.05, 3.63) is 28.8 Å². The van der Waals surface area contributed by atoms with Gasteiger partial charge in [0.05, 0.1) is 17.1 Å². The largest absolute Gasteiger partial charge is 0.330 e. The molecule has 1 aromatic carbocycles. The molecule has 0 aromatic heterocycles. The van der Waals surface area contributed by atoms with Gasteiger partial charge in [-0.25, -0.2) is 0 Å². The third kappa shape index (κ3) is 5.72. The first-order chi connectivity index (χ1) is 9.77. The fourth-order valence-electron chi connectivity index (χ4n) is 1.98. The van der Waals surface area contributed by atoms with Crippen LogP contribution in [-0.4, -0.2) is 37.5 Å². The molecule has 1 amide bonds. The Hall–Kier alpha value is -1.61. The van der Waals surface area contributed by atoms with Crippen LogP contribution in [0.1, 0.15) is 19.4 Å². The number of benzene rings is 1. The van der Waals surface area contributed by atoms with Crippen LogP contribution in [0.25, 0.3) is 0 Å². The monoisotopic (exact) mass is 308 g/mol. The second-order valence-electron chi connectivity index (χ2n) is 5.90. The number of amides is 1. The predicted octanol–water partition coefficient (Wildman–Crippen LogP) is 2.07. The maximum Gasteiger partial charge on any atom is 0.238 e. The van der Waals surface area contributed by atoms with Crippen molar-refractivity contribution in [3.8, 4) is 6.07 Å². The van der Waals surface area contributed by atoms with E-state index in [4.69, 9.17) is 22.6 Å². The first-order valence-electron chi connectivity index (χ1n) is 6.65. The van der Waals surface area contributed by atoms with E-state index in [9.17, 15) is 4.79 Å². The highest BCUT2D eigenvalue weighted by Crippen LogP contribution is 2.20. The normalized spacial score (nSPS) is 11.3. The van der Waals surface area contributed by atoms with Crippen molar-refractivity contribution in [2.24, 2.45) is 11.1 Å². The van der Waals surface area contributed by atoms with E-state index in [1.165, 1.54) is 0 Å². The number of likely N-dealkylation sites (N-methyl/N-ethyl adjacent to an activating group) is 1. The lowest BCUT2D eigenvalue weighted by atomic mass is 9.93. The summed E-state index contributed by atoms with van der Waals surface area (Å²) in [6.45, 7) is 5.67. The second kappa shape index (κ2) is 7.41. The van der Waals surface area contributed by atoms with Crippen LogP contribution in [0.5, 0.6) is 0 Å². The smallest absolute Gasteiger partial charge is 0.238 e. The number of hydrogen-bond donors (Lipinski definition) is 2. The van der Waals surface area contributed by atoms with Crippen LogP contribution in [0, 0.1) is 16.7 Å². The number of nitrogens with one attached hydrogen (secondary N) is 1. The molecule has 0 saturated heterocycles. The molecule has 3 N–H and O–H groups in total. The summed E-state index contributed by atoms with van der Waals surface area (Å²) in [7, 11) is 1.88. The lowest BCUT2D eigenvalue weighted by Gasteiger charge is -2.28. The molecule has 0 bridgehead atoms. The van der Waals surface area contributed by atoms with Crippen LogP contribution in [0.3, 0.4) is 0 Å². The van der Waals surface area contributed by atoms with E-state index in [0.717, 1.165) is 6.54 Å². The van der Waals surface area contributed by atoms with Crippen LogP contribution < -0.4 is 11.1 Å². The van der Waals surface area contributed by atoms with Gasteiger partial charge in [-0.3, -0.25) is 9.69 Å². The molecule has 0 atom stereocenters. The van der Waals surface area contributed by atoms with Crippen molar-refractivity contribution >= 4 is 23.2 Å². The SMILES string of the molecule is CN(CC(=O)Nc1ccc(C#N)c(Cl)c1)CC(C)(C)CN. The molecule has 0 heterocycles. The summed E-state index contributed by atoms with van der Waals surface area (Å²) in [5.41, 5.74) is 6.61. The average Bonchev–Trinajstić information content (AvgIpc) is 2.38. The van der Waals surface area contributed by atoms with E-state index in [0.29, 0.717) is 22.8 Å². The Balaban J connectivity index is 2.58. The van der Waals surface area contributed by atoms with Crippen LogP contribution in [0.2, 0.25) is 5.02 Å². The highest BCUT2D eigenvalue weighted by atomic mass is 35.5. The minimum atomic E-state index is -0.133. The number of carbonyl (C=O) groups is 1. The molecule has 0 aliphatic heterocycles. The van der Waals surface area contributed by atoms with Gasteiger partial charge in [-0.15, -0.1) is 0 Å². The minimum Gasteiger partial charge on any atom is -0.330 e. The Morgan fingerprint density at radius 2 is 2.19 bits per heavy atom. The molecule has 0 aliphatic rings. The average molecular weight is 309 g/mol. The topological polar surface area (TPSA) is 82.2 Å². The highest BCUT2D eigenvalue weighted by Gasteiger charge is 2.19. The Labute approximate surface area is 130 Å². The molecule has 0 saturated carbocycles. The summed E-state index contributed by atoms with van der Waals surface area (Å²) in [6, 6.07) is 6.79. The molecule has 0 fully saturated rings. The van der Waals surface area contributed by atoms with E-state index >= 15 is 0 Å². The van der Waals surface area contributed by atoms with Crippen LogP contribution in [0.4, 0.5) is 5.69 Å². The van der Waals surface area contributed by atoms with Gasteiger partial charge in [0.25, 0.3) is 0 Å². The molecule has 21 heavy (non-hydrogen) atoms. The molecule has 0 aliphatic carbocycles. The molecule has 5 nitrogen and oxygen atoms in total. The summed E-state index contributed by atoms with van der Waals surface area (Å²) in [4.78, 5) is 13.9. The minimum absolute atomic E-state index is 0.0349. The fourth-order valence-corrected chi connectivity index (χ4v) is 2.20. The zero-order valence-corrected chi connectivity index (χ0v) is 13.4. The summed E-state index contributed by atoms with van der Waals surface area (Å²) >= 11 is 5.93. The maximum absolute atomic E-state index is 12.0. The summed E-state index contributed by atoms with van der Waals surface area (Å²) in [6.07, 6.45) is 0. The number of hydrogen-bond acceptors (Lipinski definition) is 4. The van der Waals surface area contributed by atoms with Crippen LogP contribution >= 0.6 is 11.6 Å². The van der Waals surface area contributed by atoms with Crippen molar-refractivity contribution in [1.29, 1.82) is 5.26 Å². The second-order valence-corrected chi connectivity index (χ2v) is 6.30. The van der Waals surface area contributed by atoms with Crippen LogP contribution in [0.15, 0.2) is 18.2 Å². The number of nitrogens with two attached hydrogens (primary N) is 1. The van der Waals surface area contributed by atoms with Gasteiger partial charge in [0.2, 0.25) is 5.91 Å². The third-order valence-corrected chi connectivity index (χ3v) is 3.35. The fraction of sp³-hybridized carbons (Fsp3) is 0.467. The number of halogens is 1. The van der Waals surface area contributed by atoms with E-state index in [2.05, 4.69) is 19.2 Å². The molecule has 1 rings (SSSR count). The van der Waals surface area contributed by atoms with Gasteiger partial charge in [-0.1, -0.05) is 25.4 Å². The highest BCUT2D eigenvalue weighted by molar-refractivity contribution is 6.32. The Morgan fingerprint density at radius 1 is 1.52 bits per heavy atom. The summed E-state index contributed by atoms with van der Waals surface area (Å²) < 4.78 is 0. The molecule has 0 radical (unpaired) electrons. The van der Waals surface area contributed by atoms with Crippen molar-refractivity contribution in [1.82, 2.24) is 4.90 Å². The Bertz CT molecular complexity index is 551. The van der Waals surface area contributed by atoms with Gasteiger partial charge >= 0.3 is 0 Å². The molecule has 114 valence electrons. The van der Waals surface area contributed by atoms with Crippen LogP contribution in [-0.2, 0) is 4.79 Å². The van der Waals surface area contributed by atoms with Gasteiger partial charge in [0.1, 0.15) is 6.07 Å². The number of carbonyl (C=O) groups excluding carboxylic acids is 1. The molecular formula is C15H21ClN4O. The Kier molecular flexibility index (Phi) is 6.16. The van der Waals surface area contributed by atoms with E-state index in [1.54, 1.807) is 18.2 Å². The molecule has 6 heteroatoms. The van der Waals surface area contributed by atoms with Crippen molar-refractivity contribution < 1.29 is 4.79 Å². The van der Waals surface area contributed by atoms with Crippen molar-refractivity contribution in [2.75, 3.05) is 32.0 Å². The number of rotatable bonds is 6. The van der Waals surface area contributed by atoms with Crippen molar-refractivity contribution in [2.45, 2.75) is 13.8 Å². The van der Waals surface area contributed by atoms with Gasteiger partial charge < -0.3 is 11.1 Å². The molecule has 1 aromatic rings. The lowest BCUT2D eigenvalue weighted by molar-refractivity contribution is -0.117. The standard InChI is InChI=1S/C15H21ClN4O/c1-15(2,9-18)10-20(3)8-14(21)19-12-5-4-11(7-17)13(16)6-12/h4-6H,8-10,18H2,1-3H3,(H,19,21).